The van der Waals surface area contributed by atoms with Crippen molar-refractivity contribution in [3.63, 3.8) is 0 Å². The molecule has 0 aliphatic carbocycles. The van der Waals surface area contributed by atoms with Gasteiger partial charge in [0, 0.05) is 12.4 Å². The van der Waals surface area contributed by atoms with Crippen molar-refractivity contribution >= 4 is 29.0 Å². The summed E-state index contributed by atoms with van der Waals surface area (Å²) in [7, 11) is 0. The highest BCUT2D eigenvalue weighted by Gasteiger charge is 2.10. The molecule has 4 nitrogen and oxygen atoms in total. The van der Waals surface area contributed by atoms with Gasteiger partial charge in [0.05, 0.1) is 10.0 Å². The highest BCUT2D eigenvalue weighted by molar-refractivity contribution is 6.36. The van der Waals surface area contributed by atoms with Crippen LogP contribution in [0.5, 0.6) is 0 Å². The number of nitrogen functional groups attached to an aromatic ring is 1. The summed E-state index contributed by atoms with van der Waals surface area (Å²) >= 11 is 11.8. The summed E-state index contributed by atoms with van der Waals surface area (Å²) in [6.07, 6.45) is 3.43. The van der Waals surface area contributed by atoms with Crippen LogP contribution < -0.4 is 5.73 Å². The molecule has 0 saturated carbocycles. The molecule has 0 spiro atoms. The summed E-state index contributed by atoms with van der Waals surface area (Å²) in [6, 6.07) is 1.57. The van der Waals surface area contributed by atoms with Crippen molar-refractivity contribution in [3.05, 3.63) is 34.3 Å². The van der Waals surface area contributed by atoms with Gasteiger partial charge in [-0.25, -0.2) is 9.97 Å². The Morgan fingerprint density at radius 1 is 1.33 bits per heavy atom. The predicted molar refractivity (Wildman–Crippen MR) is 60.5 cm³/mol. The lowest BCUT2D eigenvalue weighted by Gasteiger charge is -2.08. The standard InChI is InChI=1S/C9H8Cl2N4/c1-5-13-2-3-15(5)9-7(11)4-6(10)8(12)14-9/h2-4H,1H3,(H2,12,14). The number of hydrogen-bond acceptors (Lipinski definition) is 3. The van der Waals surface area contributed by atoms with Crippen LogP contribution in [-0.2, 0) is 0 Å². The monoisotopic (exact) mass is 242 g/mol. The van der Waals surface area contributed by atoms with Crippen LogP contribution in [0.2, 0.25) is 10.0 Å². The van der Waals surface area contributed by atoms with Gasteiger partial charge in [-0.05, 0) is 13.0 Å². The van der Waals surface area contributed by atoms with Crippen molar-refractivity contribution in [2.75, 3.05) is 5.73 Å². The van der Waals surface area contributed by atoms with E-state index in [2.05, 4.69) is 9.97 Å². The number of nitrogens with two attached hydrogens (primary N) is 1. The zero-order valence-corrected chi connectivity index (χ0v) is 9.42. The second-order valence-electron chi connectivity index (χ2n) is 3.01. The SMILES string of the molecule is Cc1nccn1-c1nc(N)c(Cl)cc1Cl. The van der Waals surface area contributed by atoms with Crippen molar-refractivity contribution in [1.29, 1.82) is 0 Å². The molecule has 15 heavy (non-hydrogen) atoms. The van der Waals surface area contributed by atoms with E-state index in [1.807, 2.05) is 6.92 Å². The third kappa shape index (κ3) is 1.78. The van der Waals surface area contributed by atoms with Gasteiger partial charge in [-0.2, -0.15) is 0 Å². The fourth-order valence-corrected chi connectivity index (χ4v) is 1.69. The highest BCUT2D eigenvalue weighted by atomic mass is 35.5. The lowest BCUT2D eigenvalue weighted by atomic mass is 10.4. The van der Waals surface area contributed by atoms with Gasteiger partial charge in [0.25, 0.3) is 0 Å². The molecule has 0 aliphatic heterocycles. The first-order valence-corrected chi connectivity index (χ1v) is 4.97. The van der Waals surface area contributed by atoms with Crippen molar-refractivity contribution in [2.45, 2.75) is 6.92 Å². The second-order valence-corrected chi connectivity index (χ2v) is 3.82. The lowest BCUT2D eigenvalue weighted by molar-refractivity contribution is 0.935. The average molecular weight is 243 g/mol. The van der Waals surface area contributed by atoms with Crippen LogP contribution in [0, 0.1) is 6.92 Å². The van der Waals surface area contributed by atoms with Gasteiger partial charge < -0.3 is 5.73 Å². The molecule has 0 atom stereocenters. The van der Waals surface area contributed by atoms with Gasteiger partial charge in [-0.1, -0.05) is 23.2 Å². The van der Waals surface area contributed by atoms with Crippen molar-refractivity contribution in [3.8, 4) is 5.82 Å². The van der Waals surface area contributed by atoms with Crippen LogP contribution in [-0.4, -0.2) is 14.5 Å². The zero-order valence-electron chi connectivity index (χ0n) is 7.91. The van der Waals surface area contributed by atoms with Gasteiger partial charge in [0.1, 0.15) is 11.6 Å². The summed E-state index contributed by atoms with van der Waals surface area (Å²) in [5.41, 5.74) is 5.61. The fraction of sp³-hybridized carbons (Fsp3) is 0.111. The molecule has 0 unspecified atom stereocenters. The van der Waals surface area contributed by atoms with E-state index in [4.69, 9.17) is 28.9 Å². The van der Waals surface area contributed by atoms with E-state index in [0.29, 0.717) is 15.9 Å². The third-order valence-corrected chi connectivity index (χ3v) is 2.57. The van der Waals surface area contributed by atoms with Crippen molar-refractivity contribution < 1.29 is 0 Å². The Morgan fingerprint density at radius 3 is 2.67 bits per heavy atom. The molecule has 2 aromatic heterocycles. The largest absolute Gasteiger partial charge is 0.382 e. The number of pyridine rings is 1. The first-order chi connectivity index (χ1) is 7.09. The molecule has 0 radical (unpaired) electrons. The minimum absolute atomic E-state index is 0.254. The molecule has 2 rings (SSSR count). The van der Waals surface area contributed by atoms with Crippen LogP contribution in [0.25, 0.3) is 5.82 Å². The van der Waals surface area contributed by atoms with Crippen LogP contribution in [0.15, 0.2) is 18.5 Å². The van der Waals surface area contributed by atoms with Gasteiger partial charge in [0.2, 0.25) is 0 Å². The maximum absolute atomic E-state index is 6.01. The van der Waals surface area contributed by atoms with Crippen LogP contribution in [0.4, 0.5) is 5.82 Å². The molecule has 6 heteroatoms. The molecular weight excluding hydrogens is 235 g/mol. The number of halogens is 2. The number of aryl methyl sites for hydroxylation is 1. The van der Waals surface area contributed by atoms with Crippen molar-refractivity contribution in [2.24, 2.45) is 0 Å². The number of rotatable bonds is 1. The van der Waals surface area contributed by atoms with Crippen LogP contribution >= 0.6 is 23.2 Å². The highest BCUT2D eigenvalue weighted by Crippen LogP contribution is 2.26. The van der Waals surface area contributed by atoms with Crippen molar-refractivity contribution in [1.82, 2.24) is 14.5 Å². The van der Waals surface area contributed by atoms with E-state index in [-0.39, 0.29) is 5.82 Å². The van der Waals surface area contributed by atoms with Crippen LogP contribution in [0.3, 0.4) is 0 Å². The van der Waals surface area contributed by atoms with E-state index >= 15 is 0 Å². The molecule has 0 aromatic carbocycles. The molecule has 0 fully saturated rings. The van der Waals surface area contributed by atoms with Gasteiger partial charge in [-0.15, -0.1) is 0 Å². The van der Waals surface area contributed by atoms with Gasteiger partial charge in [0.15, 0.2) is 5.82 Å². The Labute approximate surface area is 96.7 Å². The van der Waals surface area contributed by atoms with E-state index < -0.39 is 0 Å². The van der Waals surface area contributed by atoms with E-state index in [1.54, 1.807) is 23.0 Å². The first-order valence-electron chi connectivity index (χ1n) is 4.21. The summed E-state index contributed by atoms with van der Waals surface area (Å²) in [5, 5.41) is 0.789. The molecule has 0 bridgehead atoms. The fourth-order valence-electron chi connectivity index (χ4n) is 1.24. The Kier molecular flexibility index (Phi) is 2.54. The molecule has 0 aliphatic rings. The van der Waals surface area contributed by atoms with Gasteiger partial charge in [-0.3, -0.25) is 4.57 Å². The minimum atomic E-state index is 0.254. The molecular formula is C9H8Cl2N4. The van der Waals surface area contributed by atoms with E-state index in [0.717, 1.165) is 5.82 Å². The third-order valence-electron chi connectivity index (χ3n) is 1.99. The van der Waals surface area contributed by atoms with E-state index in [9.17, 15) is 0 Å². The topological polar surface area (TPSA) is 56.7 Å². The molecule has 2 heterocycles. The maximum atomic E-state index is 6.01. The summed E-state index contributed by atoms with van der Waals surface area (Å²) in [6.45, 7) is 1.85. The first kappa shape index (κ1) is 10.3. The van der Waals surface area contributed by atoms with Crippen LogP contribution in [0.1, 0.15) is 5.82 Å². The number of anilines is 1. The Balaban J connectivity index is 2.64. The second kappa shape index (κ2) is 3.72. The predicted octanol–water partition coefficient (Wildman–Crippen LogP) is 2.46. The Hall–Kier alpha value is -1.26. The smallest absolute Gasteiger partial charge is 0.159 e. The Morgan fingerprint density at radius 2 is 2.07 bits per heavy atom. The summed E-state index contributed by atoms with van der Waals surface area (Å²) in [4.78, 5) is 8.19. The average Bonchev–Trinajstić information content (AvgIpc) is 2.58. The summed E-state index contributed by atoms with van der Waals surface area (Å²) in [5.74, 6) is 1.57. The number of aromatic nitrogens is 3. The molecule has 0 saturated heterocycles. The minimum Gasteiger partial charge on any atom is -0.382 e. The number of nitrogens with zero attached hydrogens (tertiary/aromatic N) is 3. The van der Waals surface area contributed by atoms with Gasteiger partial charge >= 0.3 is 0 Å². The van der Waals surface area contributed by atoms with E-state index in [1.165, 1.54) is 0 Å². The maximum Gasteiger partial charge on any atom is 0.159 e. The number of hydrogen-bond donors (Lipinski definition) is 1. The Bertz CT molecular complexity index is 507. The number of imidazole rings is 1. The quantitative estimate of drug-likeness (QED) is 0.836. The normalized spacial score (nSPS) is 10.6. The summed E-state index contributed by atoms with van der Waals surface area (Å²) < 4.78 is 1.75. The molecule has 0 amide bonds. The molecule has 2 aromatic rings. The molecule has 78 valence electrons. The molecule has 2 N–H and O–H groups in total. The lowest BCUT2D eigenvalue weighted by Crippen LogP contribution is -2.03. The zero-order chi connectivity index (χ0) is 11.0.